The van der Waals surface area contributed by atoms with Crippen LogP contribution in [0.4, 0.5) is 0 Å². The molecule has 0 saturated heterocycles. The third-order valence-electron chi connectivity index (χ3n) is 3.80. The minimum absolute atomic E-state index is 0.116. The second-order valence-electron chi connectivity index (χ2n) is 6.79. The number of nitrogens with one attached hydrogen (secondary N) is 1. The Labute approximate surface area is 131 Å². The Morgan fingerprint density at radius 3 is 2.60 bits per heavy atom. The molecule has 0 aromatic heterocycles. The molecule has 0 atom stereocenters. The molecule has 2 nitrogen and oxygen atoms in total. The van der Waals surface area contributed by atoms with Crippen molar-refractivity contribution in [3.8, 4) is 5.75 Å². The van der Waals surface area contributed by atoms with Gasteiger partial charge in [0.1, 0.15) is 5.75 Å². The highest BCUT2D eigenvalue weighted by atomic mass is 79.9. The van der Waals surface area contributed by atoms with Crippen molar-refractivity contribution in [2.75, 3.05) is 6.61 Å². The zero-order valence-corrected chi connectivity index (χ0v) is 14.4. The van der Waals surface area contributed by atoms with Crippen LogP contribution >= 0.6 is 15.9 Å². The monoisotopic (exact) mass is 339 g/mol. The van der Waals surface area contributed by atoms with Crippen molar-refractivity contribution in [1.29, 1.82) is 0 Å². The Balaban J connectivity index is 2.01. The van der Waals surface area contributed by atoms with E-state index < -0.39 is 0 Å². The van der Waals surface area contributed by atoms with Gasteiger partial charge in [-0.05, 0) is 61.5 Å². The molecule has 0 aliphatic heterocycles. The van der Waals surface area contributed by atoms with Gasteiger partial charge in [-0.1, -0.05) is 25.0 Å². The molecule has 3 heteroatoms. The SMILES string of the molecule is CC(C)(C)NCc1cccc(Br)c1OCC1CCCC1. The first-order chi connectivity index (χ1) is 9.46. The fourth-order valence-corrected chi connectivity index (χ4v) is 3.11. The van der Waals surface area contributed by atoms with Gasteiger partial charge in [-0.3, -0.25) is 0 Å². The second-order valence-corrected chi connectivity index (χ2v) is 7.65. The van der Waals surface area contributed by atoms with Gasteiger partial charge in [0.05, 0.1) is 11.1 Å². The molecular weight excluding hydrogens is 314 g/mol. The average molecular weight is 340 g/mol. The Hall–Kier alpha value is -0.540. The van der Waals surface area contributed by atoms with Crippen molar-refractivity contribution in [2.45, 2.75) is 58.5 Å². The maximum atomic E-state index is 6.13. The minimum atomic E-state index is 0.116. The highest BCUT2D eigenvalue weighted by molar-refractivity contribution is 9.10. The minimum Gasteiger partial charge on any atom is -0.492 e. The molecule has 20 heavy (non-hydrogen) atoms. The van der Waals surface area contributed by atoms with E-state index >= 15 is 0 Å². The molecule has 1 N–H and O–H groups in total. The van der Waals surface area contributed by atoms with E-state index in [1.807, 2.05) is 0 Å². The third kappa shape index (κ3) is 4.78. The summed E-state index contributed by atoms with van der Waals surface area (Å²) in [7, 11) is 0. The van der Waals surface area contributed by atoms with Crippen LogP contribution in [0.2, 0.25) is 0 Å². The van der Waals surface area contributed by atoms with Gasteiger partial charge in [0.15, 0.2) is 0 Å². The molecule has 0 unspecified atom stereocenters. The van der Waals surface area contributed by atoms with Crippen molar-refractivity contribution < 1.29 is 4.74 Å². The lowest BCUT2D eigenvalue weighted by atomic mass is 10.1. The Bertz CT molecular complexity index is 433. The molecule has 0 bridgehead atoms. The van der Waals surface area contributed by atoms with Gasteiger partial charge in [-0.2, -0.15) is 0 Å². The summed E-state index contributed by atoms with van der Waals surface area (Å²) >= 11 is 3.62. The summed E-state index contributed by atoms with van der Waals surface area (Å²) in [5.74, 6) is 1.75. The number of ether oxygens (including phenoxy) is 1. The first-order valence-electron chi connectivity index (χ1n) is 7.61. The summed E-state index contributed by atoms with van der Waals surface area (Å²) in [5, 5.41) is 3.53. The third-order valence-corrected chi connectivity index (χ3v) is 4.42. The van der Waals surface area contributed by atoms with Crippen molar-refractivity contribution in [2.24, 2.45) is 5.92 Å². The molecule has 0 radical (unpaired) electrons. The maximum absolute atomic E-state index is 6.13. The largest absolute Gasteiger partial charge is 0.492 e. The Morgan fingerprint density at radius 2 is 1.95 bits per heavy atom. The molecule has 1 aromatic carbocycles. The van der Waals surface area contributed by atoms with Crippen molar-refractivity contribution in [3.63, 3.8) is 0 Å². The number of halogens is 1. The lowest BCUT2D eigenvalue weighted by Crippen LogP contribution is -2.35. The summed E-state index contributed by atoms with van der Waals surface area (Å²) in [6.45, 7) is 8.24. The van der Waals surface area contributed by atoms with E-state index in [0.29, 0.717) is 0 Å². The van der Waals surface area contributed by atoms with E-state index in [-0.39, 0.29) is 5.54 Å². The standard InChI is InChI=1S/C17H26BrNO/c1-17(2,3)19-11-14-9-6-10-15(18)16(14)20-12-13-7-4-5-8-13/h6,9-10,13,19H,4-5,7-8,11-12H2,1-3H3. The van der Waals surface area contributed by atoms with Gasteiger partial charge < -0.3 is 10.1 Å². The number of rotatable bonds is 5. The summed E-state index contributed by atoms with van der Waals surface area (Å²) in [6.07, 6.45) is 5.37. The van der Waals surface area contributed by atoms with E-state index in [0.717, 1.165) is 29.3 Å². The van der Waals surface area contributed by atoms with Crippen LogP contribution in [0.15, 0.2) is 22.7 Å². The van der Waals surface area contributed by atoms with E-state index in [9.17, 15) is 0 Å². The van der Waals surface area contributed by atoms with E-state index in [2.05, 4.69) is 60.2 Å². The fraction of sp³-hybridized carbons (Fsp3) is 0.647. The van der Waals surface area contributed by atoms with E-state index in [4.69, 9.17) is 4.74 Å². The van der Waals surface area contributed by atoms with Crippen LogP contribution in [0, 0.1) is 5.92 Å². The lowest BCUT2D eigenvalue weighted by molar-refractivity contribution is 0.247. The van der Waals surface area contributed by atoms with Gasteiger partial charge in [-0.25, -0.2) is 0 Å². The van der Waals surface area contributed by atoms with Crippen molar-refractivity contribution >= 4 is 15.9 Å². The van der Waals surface area contributed by atoms with Gasteiger partial charge in [0.2, 0.25) is 0 Å². The van der Waals surface area contributed by atoms with Crippen LogP contribution in [0.3, 0.4) is 0 Å². The van der Waals surface area contributed by atoms with Crippen LogP contribution < -0.4 is 10.1 Å². The van der Waals surface area contributed by atoms with Crippen LogP contribution in [0.1, 0.15) is 52.0 Å². The smallest absolute Gasteiger partial charge is 0.137 e. The predicted molar refractivity (Wildman–Crippen MR) is 88.2 cm³/mol. The first-order valence-corrected chi connectivity index (χ1v) is 8.40. The van der Waals surface area contributed by atoms with Gasteiger partial charge in [0.25, 0.3) is 0 Å². The molecule has 1 aliphatic carbocycles. The molecule has 1 aromatic rings. The molecule has 0 heterocycles. The van der Waals surface area contributed by atoms with Crippen LogP contribution in [0.5, 0.6) is 5.75 Å². The zero-order chi connectivity index (χ0) is 14.6. The van der Waals surface area contributed by atoms with Gasteiger partial charge in [0, 0.05) is 17.6 Å². The average Bonchev–Trinajstić information content (AvgIpc) is 2.87. The number of hydrogen-bond donors (Lipinski definition) is 1. The summed E-state index contributed by atoms with van der Waals surface area (Å²) in [4.78, 5) is 0. The fourth-order valence-electron chi connectivity index (χ4n) is 2.59. The Morgan fingerprint density at radius 1 is 1.25 bits per heavy atom. The van der Waals surface area contributed by atoms with E-state index in [1.54, 1.807) is 0 Å². The van der Waals surface area contributed by atoms with Crippen molar-refractivity contribution in [3.05, 3.63) is 28.2 Å². The lowest BCUT2D eigenvalue weighted by Gasteiger charge is -2.22. The predicted octanol–water partition coefficient (Wildman–Crippen LogP) is 4.91. The van der Waals surface area contributed by atoms with Crippen molar-refractivity contribution in [1.82, 2.24) is 5.32 Å². The second kappa shape index (κ2) is 6.95. The topological polar surface area (TPSA) is 21.3 Å². The maximum Gasteiger partial charge on any atom is 0.137 e. The molecular formula is C17H26BrNO. The first kappa shape index (κ1) is 15.8. The quantitative estimate of drug-likeness (QED) is 0.823. The van der Waals surface area contributed by atoms with Gasteiger partial charge in [-0.15, -0.1) is 0 Å². The molecule has 2 rings (SSSR count). The number of hydrogen-bond acceptors (Lipinski definition) is 2. The molecule has 1 aliphatic rings. The van der Waals surface area contributed by atoms with Crippen LogP contribution in [0.25, 0.3) is 0 Å². The summed E-state index contributed by atoms with van der Waals surface area (Å²) in [5.41, 5.74) is 1.35. The highest BCUT2D eigenvalue weighted by Crippen LogP contribution is 2.32. The Kier molecular flexibility index (Phi) is 5.50. The zero-order valence-electron chi connectivity index (χ0n) is 12.8. The number of benzene rings is 1. The summed E-state index contributed by atoms with van der Waals surface area (Å²) in [6, 6.07) is 6.28. The normalized spacial score (nSPS) is 16.6. The molecule has 1 fully saturated rings. The van der Waals surface area contributed by atoms with E-state index in [1.165, 1.54) is 31.2 Å². The number of para-hydroxylation sites is 1. The highest BCUT2D eigenvalue weighted by Gasteiger charge is 2.18. The molecule has 112 valence electrons. The molecule has 0 spiro atoms. The summed E-state index contributed by atoms with van der Waals surface area (Å²) < 4.78 is 7.19. The van der Waals surface area contributed by atoms with Gasteiger partial charge >= 0.3 is 0 Å². The van der Waals surface area contributed by atoms with Crippen LogP contribution in [-0.2, 0) is 6.54 Å². The van der Waals surface area contributed by atoms with Crippen LogP contribution in [-0.4, -0.2) is 12.1 Å². The molecule has 0 amide bonds. The molecule has 1 saturated carbocycles.